The quantitative estimate of drug-likeness (QED) is 0.879. The average molecular weight is 333 g/mol. The summed E-state index contributed by atoms with van der Waals surface area (Å²) in [5.74, 6) is 1.05. The Morgan fingerprint density at radius 3 is 2.48 bits per heavy atom. The maximum atomic E-state index is 11.9. The van der Waals surface area contributed by atoms with E-state index in [-0.39, 0.29) is 36.8 Å². The zero-order valence-electron chi connectivity index (χ0n) is 11.8. The fourth-order valence-corrected chi connectivity index (χ4v) is 2.48. The van der Waals surface area contributed by atoms with Crippen molar-refractivity contribution in [2.24, 2.45) is 5.73 Å². The van der Waals surface area contributed by atoms with Gasteiger partial charge < -0.3 is 16.0 Å². The number of pyridine rings is 1. The topological polar surface area (TPSA) is 71.2 Å². The molecule has 1 aromatic heterocycles. The van der Waals surface area contributed by atoms with Crippen LogP contribution in [0.1, 0.15) is 25.7 Å². The Labute approximate surface area is 137 Å². The van der Waals surface area contributed by atoms with Crippen LogP contribution in [-0.2, 0) is 4.79 Å². The van der Waals surface area contributed by atoms with Crippen LogP contribution in [0.4, 0.5) is 5.82 Å². The highest BCUT2D eigenvalue weighted by molar-refractivity contribution is 5.89. The first-order valence-electron chi connectivity index (χ1n) is 6.93. The SMILES string of the molecule is Cl.Cl.NC1(C(=O)NC2CCN(c3ccccn3)CC2)CC1. The van der Waals surface area contributed by atoms with Crippen LogP contribution in [0.5, 0.6) is 0 Å². The molecule has 0 spiro atoms. The first-order valence-corrected chi connectivity index (χ1v) is 6.93. The van der Waals surface area contributed by atoms with Gasteiger partial charge in [0, 0.05) is 25.3 Å². The molecule has 2 aliphatic rings. The molecule has 0 unspecified atom stereocenters. The minimum absolute atomic E-state index is 0. The highest BCUT2D eigenvalue weighted by atomic mass is 35.5. The summed E-state index contributed by atoms with van der Waals surface area (Å²) in [7, 11) is 0. The molecule has 3 rings (SSSR count). The second-order valence-electron chi connectivity index (χ2n) is 5.58. The molecule has 5 nitrogen and oxygen atoms in total. The maximum absolute atomic E-state index is 11.9. The highest BCUT2D eigenvalue weighted by Crippen LogP contribution is 2.32. The van der Waals surface area contributed by atoms with Crippen LogP contribution in [0.2, 0.25) is 0 Å². The second-order valence-corrected chi connectivity index (χ2v) is 5.58. The van der Waals surface area contributed by atoms with Crippen LogP contribution in [-0.4, -0.2) is 35.6 Å². The third-order valence-electron chi connectivity index (χ3n) is 4.04. The Morgan fingerprint density at radius 1 is 1.29 bits per heavy atom. The van der Waals surface area contributed by atoms with E-state index in [2.05, 4.69) is 15.2 Å². The first-order chi connectivity index (χ1) is 9.17. The van der Waals surface area contributed by atoms with Gasteiger partial charge in [-0.25, -0.2) is 4.98 Å². The lowest BCUT2D eigenvalue weighted by Gasteiger charge is -2.33. The zero-order valence-corrected chi connectivity index (χ0v) is 13.5. The highest BCUT2D eigenvalue weighted by Gasteiger charge is 2.46. The number of amides is 1. The van der Waals surface area contributed by atoms with E-state index in [9.17, 15) is 4.79 Å². The van der Waals surface area contributed by atoms with E-state index in [0.29, 0.717) is 0 Å². The van der Waals surface area contributed by atoms with Crippen molar-refractivity contribution in [3.63, 3.8) is 0 Å². The molecule has 1 aromatic rings. The number of nitrogens with two attached hydrogens (primary N) is 1. The molecule has 3 N–H and O–H groups in total. The van der Waals surface area contributed by atoms with Crippen molar-refractivity contribution in [3.05, 3.63) is 24.4 Å². The van der Waals surface area contributed by atoms with E-state index in [1.54, 1.807) is 0 Å². The van der Waals surface area contributed by atoms with Gasteiger partial charge in [-0.3, -0.25) is 4.79 Å². The number of anilines is 1. The van der Waals surface area contributed by atoms with E-state index in [4.69, 9.17) is 5.73 Å². The van der Waals surface area contributed by atoms with Gasteiger partial charge in [0.05, 0.1) is 5.54 Å². The monoisotopic (exact) mass is 332 g/mol. The molecule has 0 aromatic carbocycles. The smallest absolute Gasteiger partial charge is 0.240 e. The van der Waals surface area contributed by atoms with E-state index >= 15 is 0 Å². The van der Waals surface area contributed by atoms with Gasteiger partial charge in [-0.15, -0.1) is 24.8 Å². The summed E-state index contributed by atoms with van der Waals surface area (Å²) >= 11 is 0. The summed E-state index contributed by atoms with van der Waals surface area (Å²) in [6.45, 7) is 1.86. The predicted molar refractivity (Wildman–Crippen MR) is 88.3 cm³/mol. The molecule has 7 heteroatoms. The van der Waals surface area contributed by atoms with Crippen LogP contribution in [0.25, 0.3) is 0 Å². The normalized spacial score (nSPS) is 20.0. The van der Waals surface area contributed by atoms with Gasteiger partial charge in [0.15, 0.2) is 0 Å². The second kappa shape index (κ2) is 7.29. The number of carbonyl (C=O) groups is 1. The standard InChI is InChI=1S/C14H20N4O.2ClH/c15-14(6-7-14)13(19)17-11-4-9-18(10-5-11)12-3-1-2-8-16-12;;/h1-3,8,11H,4-7,9-10,15H2,(H,17,19);2*1H. The van der Waals surface area contributed by atoms with Crippen LogP contribution >= 0.6 is 24.8 Å². The molecule has 2 heterocycles. The molecule has 0 atom stereocenters. The fraction of sp³-hybridized carbons (Fsp3) is 0.571. The van der Waals surface area contributed by atoms with Gasteiger partial charge in [0.25, 0.3) is 0 Å². The van der Waals surface area contributed by atoms with Crippen molar-refractivity contribution in [1.29, 1.82) is 0 Å². The lowest BCUT2D eigenvalue weighted by Crippen LogP contribution is -2.50. The lowest BCUT2D eigenvalue weighted by molar-refractivity contribution is -0.124. The number of rotatable bonds is 3. The molecule has 1 amide bonds. The molecule has 2 fully saturated rings. The number of nitrogens with zero attached hydrogens (tertiary/aromatic N) is 2. The molecule has 1 saturated carbocycles. The van der Waals surface area contributed by atoms with Gasteiger partial charge in [0.1, 0.15) is 5.82 Å². The van der Waals surface area contributed by atoms with Gasteiger partial charge >= 0.3 is 0 Å². The van der Waals surface area contributed by atoms with E-state index in [1.165, 1.54) is 0 Å². The zero-order chi connectivity index (χ0) is 13.3. The van der Waals surface area contributed by atoms with Gasteiger partial charge in [-0.05, 0) is 37.8 Å². The van der Waals surface area contributed by atoms with Crippen LogP contribution < -0.4 is 16.0 Å². The summed E-state index contributed by atoms with van der Waals surface area (Å²) in [6.07, 6.45) is 5.38. The van der Waals surface area contributed by atoms with Crippen molar-refractivity contribution in [3.8, 4) is 0 Å². The molecule has 0 bridgehead atoms. The molecule has 1 aliphatic heterocycles. The minimum Gasteiger partial charge on any atom is -0.356 e. The van der Waals surface area contributed by atoms with Crippen molar-refractivity contribution in [1.82, 2.24) is 10.3 Å². The number of halogens is 2. The predicted octanol–water partition coefficient (Wildman–Crippen LogP) is 1.50. The van der Waals surface area contributed by atoms with Crippen LogP contribution in [0, 0.1) is 0 Å². The summed E-state index contributed by atoms with van der Waals surface area (Å²) in [6, 6.07) is 6.21. The molecular weight excluding hydrogens is 311 g/mol. The molecular formula is C14H22Cl2N4O. The molecule has 1 saturated heterocycles. The van der Waals surface area contributed by atoms with Gasteiger partial charge in [0.2, 0.25) is 5.91 Å². The number of hydrogen-bond acceptors (Lipinski definition) is 4. The van der Waals surface area contributed by atoms with E-state index < -0.39 is 5.54 Å². The number of nitrogens with one attached hydrogen (secondary N) is 1. The first kappa shape index (κ1) is 18.0. The largest absolute Gasteiger partial charge is 0.356 e. The van der Waals surface area contributed by atoms with Crippen molar-refractivity contribution in [2.75, 3.05) is 18.0 Å². The fourth-order valence-electron chi connectivity index (χ4n) is 2.48. The number of piperidine rings is 1. The number of carbonyl (C=O) groups excluding carboxylic acids is 1. The Balaban J connectivity index is 0.00000110. The summed E-state index contributed by atoms with van der Waals surface area (Å²) in [4.78, 5) is 18.5. The average Bonchev–Trinajstić information content (AvgIpc) is 3.20. The Kier molecular flexibility index (Phi) is 6.25. The van der Waals surface area contributed by atoms with Crippen LogP contribution in [0.3, 0.4) is 0 Å². The molecule has 21 heavy (non-hydrogen) atoms. The van der Waals surface area contributed by atoms with Crippen LogP contribution in [0.15, 0.2) is 24.4 Å². The number of aromatic nitrogens is 1. The third-order valence-corrected chi connectivity index (χ3v) is 4.04. The van der Waals surface area contributed by atoms with Gasteiger partial charge in [-0.2, -0.15) is 0 Å². The van der Waals surface area contributed by atoms with E-state index in [0.717, 1.165) is 44.6 Å². The molecule has 118 valence electrons. The lowest BCUT2D eigenvalue weighted by atomic mass is 10.0. The maximum Gasteiger partial charge on any atom is 0.240 e. The van der Waals surface area contributed by atoms with Gasteiger partial charge in [-0.1, -0.05) is 6.07 Å². The summed E-state index contributed by atoms with van der Waals surface area (Å²) < 4.78 is 0. The van der Waals surface area contributed by atoms with Crippen molar-refractivity contribution < 1.29 is 4.79 Å². The van der Waals surface area contributed by atoms with Crippen molar-refractivity contribution >= 4 is 36.5 Å². The Morgan fingerprint density at radius 2 is 1.95 bits per heavy atom. The Hall–Kier alpha value is -1.04. The van der Waals surface area contributed by atoms with E-state index in [1.807, 2.05) is 24.4 Å². The third kappa shape index (κ3) is 4.22. The summed E-state index contributed by atoms with van der Waals surface area (Å²) in [5.41, 5.74) is 5.34. The Bertz CT molecular complexity index is 459. The minimum atomic E-state index is -0.557. The molecule has 0 radical (unpaired) electrons. The number of hydrogen-bond donors (Lipinski definition) is 2. The summed E-state index contributed by atoms with van der Waals surface area (Å²) in [5, 5.41) is 3.08. The van der Waals surface area contributed by atoms with Crippen molar-refractivity contribution in [2.45, 2.75) is 37.3 Å². The molecule has 1 aliphatic carbocycles.